The fraction of sp³-hybridized carbons (Fsp3) is 0.500. The Balaban J connectivity index is 2.30. The Morgan fingerprint density at radius 1 is 1.38 bits per heavy atom. The van der Waals surface area contributed by atoms with Gasteiger partial charge in [0.25, 0.3) is 0 Å². The first-order valence-electron chi connectivity index (χ1n) is 5.40. The summed E-state index contributed by atoms with van der Waals surface area (Å²) in [5, 5.41) is 10.4. The molecule has 1 aliphatic rings. The lowest BCUT2D eigenvalue weighted by Gasteiger charge is -2.31. The summed E-state index contributed by atoms with van der Waals surface area (Å²) < 4.78 is 5.70. The van der Waals surface area contributed by atoms with Crippen molar-refractivity contribution >= 4 is 23.2 Å². The third-order valence-electron chi connectivity index (χ3n) is 2.97. The van der Waals surface area contributed by atoms with Crippen LogP contribution >= 0.6 is 23.2 Å². The SMILES string of the molecule is OCC1CCCOC1c1cccc(Cl)c1Cl. The summed E-state index contributed by atoms with van der Waals surface area (Å²) in [6.07, 6.45) is 1.81. The van der Waals surface area contributed by atoms with Gasteiger partial charge in [0, 0.05) is 24.7 Å². The Hall–Kier alpha value is -0.280. The van der Waals surface area contributed by atoms with Gasteiger partial charge in [-0.25, -0.2) is 0 Å². The average Bonchev–Trinajstić information content (AvgIpc) is 2.33. The molecule has 0 spiro atoms. The molecule has 16 heavy (non-hydrogen) atoms. The van der Waals surface area contributed by atoms with Crippen LogP contribution in [-0.4, -0.2) is 18.3 Å². The highest BCUT2D eigenvalue weighted by atomic mass is 35.5. The molecule has 4 heteroatoms. The number of rotatable bonds is 2. The minimum atomic E-state index is -0.134. The van der Waals surface area contributed by atoms with E-state index < -0.39 is 0 Å². The van der Waals surface area contributed by atoms with Crippen LogP contribution in [0, 0.1) is 5.92 Å². The van der Waals surface area contributed by atoms with Crippen LogP contribution in [0.15, 0.2) is 18.2 Å². The molecule has 1 fully saturated rings. The highest BCUT2D eigenvalue weighted by Crippen LogP contribution is 2.39. The van der Waals surface area contributed by atoms with Crippen molar-refractivity contribution in [2.24, 2.45) is 5.92 Å². The largest absolute Gasteiger partial charge is 0.396 e. The fourth-order valence-electron chi connectivity index (χ4n) is 2.11. The van der Waals surface area contributed by atoms with Gasteiger partial charge in [0.1, 0.15) is 0 Å². The Bertz CT molecular complexity index is 368. The zero-order chi connectivity index (χ0) is 11.5. The predicted molar refractivity (Wildman–Crippen MR) is 65.0 cm³/mol. The number of hydrogen-bond donors (Lipinski definition) is 1. The summed E-state index contributed by atoms with van der Waals surface area (Å²) in [6, 6.07) is 5.52. The van der Waals surface area contributed by atoms with Gasteiger partial charge in [-0.3, -0.25) is 0 Å². The summed E-state index contributed by atoms with van der Waals surface area (Å²) in [6.45, 7) is 0.831. The quantitative estimate of drug-likeness (QED) is 0.883. The molecule has 1 saturated heterocycles. The van der Waals surface area contributed by atoms with Crippen molar-refractivity contribution in [1.29, 1.82) is 0 Å². The maximum Gasteiger partial charge on any atom is 0.0889 e. The van der Waals surface area contributed by atoms with E-state index in [0.717, 1.165) is 18.4 Å². The van der Waals surface area contributed by atoms with E-state index in [1.165, 1.54) is 0 Å². The standard InChI is InChI=1S/C12H14Cl2O2/c13-10-5-1-4-9(11(10)14)12-8(7-15)3-2-6-16-12/h1,4-5,8,12,15H,2-3,6-7H2. The van der Waals surface area contributed by atoms with Crippen molar-refractivity contribution in [3.63, 3.8) is 0 Å². The van der Waals surface area contributed by atoms with Gasteiger partial charge < -0.3 is 9.84 Å². The van der Waals surface area contributed by atoms with Gasteiger partial charge in [0.2, 0.25) is 0 Å². The molecule has 2 unspecified atom stereocenters. The molecule has 0 bridgehead atoms. The van der Waals surface area contributed by atoms with Crippen molar-refractivity contribution in [2.45, 2.75) is 18.9 Å². The molecule has 1 heterocycles. The molecule has 0 saturated carbocycles. The van der Waals surface area contributed by atoms with Gasteiger partial charge in [-0.05, 0) is 18.9 Å². The lowest BCUT2D eigenvalue weighted by atomic mass is 9.90. The van der Waals surface area contributed by atoms with E-state index in [4.69, 9.17) is 27.9 Å². The van der Waals surface area contributed by atoms with Crippen molar-refractivity contribution < 1.29 is 9.84 Å². The maximum atomic E-state index is 9.33. The van der Waals surface area contributed by atoms with Gasteiger partial charge in [-0.1, -0.05) is 35.3 Å². The minimum absolute atomic E-state index is 0.115. The summed E-state index contributed by atoms with van der Waals surface area (Å²) >= 11 is 12.1. The molecule has 2 atom stereocenters. The minimum Gasteiger partial charge on any atom is -0.396 e. The van der Waals surface area contributed by atoms with E-state index in [2.05, 4.69) is 0 Å². The zero-order valence-corrected chi connectivity index (χ0v) is 10.3. The molecular formula is C12H14Cl2O2. The molecule has 0 radical (unpaired) electrons. The first-order chi connectivity index (χ1) is 7.74. The van der Waals surface area contributed by atoms with Crippen LogP contribution in [0.2, 0.25) is 10.0 Å². The molecule has 1 aromatic rings. The lowest BCUT2D eigenvalue weighted by molar-refractivity contribution is -0.0456. The van der Waals surface area contributed by atoms with Gasteiger partial charge in [-0.15, -0.1) is 0 Å². The Morgan fingerprint density at radius 3 is 2.94 bits per heavy atom. The van der Waals surface area contributed by atoms with E-state index in [-0.39, 0.29) is 18.6 Å². The molecule has 0 aliphatic carbocycles. The normalized spacial score (nSPS) is 25.7. The third kappa shape index (κ3) is 2.35. The summed E-state index contributed by atoms with van der Waals surface area (Å²) in [5.41, 5.74) is 0.882. The van der Waals surface area contributed by atoms with Crippen molar-refractivity contribution in [2.75, 3.05) is 13.2 Å². The first kappa shape index (κ1) is 12.2. The van der Waals surface area contributed by atoms with Crippen LogP contribution in [0.1, 0.15) is 24.5 Å². The molecule has 88 valence electrons. The molecule has 1 aliphatic heterocycles. The van der Waals surface area contributed by atoms with Crippen LogP contribution in [-0.2, 0) is 4.74 Å². The third-order valence-corrected chi connectivity index (χ3v) is 3.80. The number of ether oxygens (including phenoxy) is 1. The predicted octanol–water partition coefficient (Wildman–Crippen LogP) is 3.45. The fourth-order valence-corrected chi connectivity index (χ4v) is 2.53. The second-order valence-electron chi connectivity index (χ2n) is 4.02. The van der Waals surface area contributed by atoms with E-state index in [9.17, 15) is 5.11 Å². The van der Waals surface area contributed by atoms with Crippen LogP contribution in [0.5, 0.6) is 0 Å². The van der Waals surface area contributed by atoms with Crippen LogP contribution < -0.4 is 0 Å². The molecule has 0 amide bonds. The van der Waals surface area contributed by atoms with Gasteiger partial charge >= 0.3 is 0 Å². The Labute approximate surface area is 105 Å². The van der Waals surface area contributed by atoms with Crippen LogP contribution in [0.3, 0.4) is 0 Å². The van der Waals surface area contributed by atoms with E-state index in [1.54, 1.807) is 6.07 Å². The lowest BCUT2D eigenvalue weighted by Crippen LogP contribution is -2.25. The van der Waals surface area contributed by atoms with Gasteiger partial charge in [0.15, 0.2) is 0 Å². The van der Waals surface area contributed by atoms with Gasteiger partial charge in [-0.2, -0.15) is 0 Å². The van der Waals surface area contributed by atoms with Crippen LogP contribution in [0.25, 0.3) is 0 Å². The van der Waals surface area contributed by atoms with Crippen molar-refractivity contribution in [3.8, 4) is 0 Å². The second-order valence-corrected chi connectivity index (χ2v) is 4.80. The van der Waals surface area contributed by atoms with E-state index in [0.29, 0.717) is 16.7 Å². The Kier molecular flexibility index (Phi) is 4.09. The number of aliphatic hydroxyl groups excluding tert-OH is 1. The molecule has 1 aromatic carbocycles. The van der Waals surface area contributed by atoms with E-state index >= 15 is 0 Å². The monoisotopic (exact) mass is 260 g/mol. The van der Waals surface area contributed by atoms with Crippen LogP contribution in [0.4, 0.5) is 0 Å². The van der Waals surface area contributed by atoms with Crippen molar-refractivity contribution in [3.05, 3.63) is 33.8 Å². The highest BCUT2D eigenvalue weighted by molar-refractivity contribution is 6.42. The van der Waals surface area contributed by atoms with Crippen molar-refractivity contribution in [1.82, 2.24) is 0 Å². The summed E-state index contributed by atoms with van der Waals surface area (Å²) in [5.74, 6) is 0.115. The average molecular weight is 261 g/mol. The highest BCUT2D eigenvalue weighted by Gasteiger charge is 2.28. The molecule has 2 rings (SSSR count). The van der Waals surface area contributed by atoms with Gasteiger partial charge in [0.05, 0.1) is 16.1 Å². The first-order valence-corrected chi connectivity index (χ1v) is 6.16. The number of aliphatic hydroxyl groups is 1. The smallest absolute Gasteiger partial charge is 0.0889 e. The molecular weight excluding hydrogens is 247 g/mol. The molecule has 1 N–H and O–H groups in total. The number of benzene rings is 1. The summed E-state index contributed by atoms with van der Waals surface area (Å²) in [7, 11) is 0. The Morgan fingerprint density at radius 2 is 2.19 bits per heavy atom. The number of hydrogen-bond acceptors (Lipinski definition) is 2. The zero-order valence-electron chi connectivity index (χ0n) is 8.83. The summed E-state index contributed by atoms with van der Waals surface area (Å²) in [4.78, 5) is 0. The maximum absolute atomic E-state index is 9.33. The van der Waals surface area contributed by atoms with E-state index in [1.807, 2.05) is 12.1 Å². The topological polar surface area (TPSA) is 29.5 Å². The number of halogens is 2. The molecule has 0 aromatic heterocycles. The molecule has 2 nitrogen and oxygen atoms in total. The second kappa shape index (κ2) is 5.37.